The molecule has 2 aliphatic rings. The zero-order valence-corrected chi connectivity index (χ0v) is 6.79. The van der Waals surface area contributed by atoms with Gasteiger partial charge in [-0.1, -0.05) is 13.0 Å². The van der Waals surface area contributed by atoms with E-state index in [9.17, 15) is 5.11 Å². The SMILES string of the molecule is CCC1=C[C@H](O)CC[C@H]2O[C@@H]12. The Balaban J connectivity index is 2.11. The lowest BCUT2D eigenvalue weighted by atomic mass is 10.1. The maximum atomic E-state index is 9.40. The fourth-order valence-corrected chi connectivity index (χ4v) is 1.77. The number of epoxide rings is 1. The molecule has 2 nitrogen and oxygen atoms in total. The van der Waals surface area contributed by atoms with Gasteiger partial charge in [-0.3, -0.25) is 0 Å². The first-order valence-corrected chi connectivity index (χ1v) is 4.35. The molecule has 1 heterocycles. The Kier molecular flexibility index (Phi) is 1.74. The maximum Gasteiger partial charge on any atom is 0.105 e. The van der Waals surface area contributed by atoms with Crippen LogP contribution in [-0.4, -0.2) is 23.4 Å². The molecule has 62 valence electrons. The summed E-state index contributed by atoms with van der Waals surface area (Å²) < 4.78 is 5.43. The molecule has 1 saturated heterocycles. The molecule has 2 heteroatoms. The van der Waals surface area contributed by atoms with Crippen LogP contribution in [-0.2, 0) is 4.74 Å². The molecular weight excluding hydrogens is 140 g/mol. The van der Waals surface area contributed by atoms with E-state index in [2.05, 4.69) is 6.92 Å². The van der Waals surface area contributed by atoms with Gasteiger partial charge < -0.3 is 9.84 Å². The molecule has 2 rings (SSSR count). The molecule has 0 aromatic rings. The number of rotatable bonds is 1. The lowest BCUT2D eigenvalue weighted by molar-refractivity contribution is 0.200. The Morgan fingerprint density at radius 3 is 3.18 bits per heavy atom. The highest BCUT2D eigenvalue weighted by atomic mass is 16.6. The van der Waals surface area contributed by atoms with E-state index in [1.54, 1.807) is 0 Å². The van der Waals surface area contributed by atoms with Crippen molar-refractivity contribution >= 4 is 0 Å². The van der Waals surface area contributed by atoms with Crippen molar-refractivity contribution in [1.29, 1.82) is 0 Å². The van der Waals surface area contributed by atoms with Crippen LogP contribution in [0.2, 0.25) is 0 Å². The van der Waals surface area contributed by atoms with Crippen molar-refractivity contribution in [2.24, 2.45) is 0 Å². The molecule has 0 aromatic carbocycles. The van der Waals surface area contributed by atoms with E-state index in [1.807, 2.05) is 6.08 Å². The molecule has 0 unspecified atom stereocenters. The average molecular weight is 154 g/mol. The number of hydrogen-bond acceptors (Lipinski definition) is 2. The van der Waals surface area contributed by atoms with Crippen molar-refractivity contribution in [1.82, 2.24) is 0 Å². The minimum absolute atomic E-state index is 0.221. The van der Waals surface area contributed by atoms with Crippen LogP contribution in [0, 0.1) is 0 Å². The molecule has 0 saturated carbocycles. The van der Waals surface area contributed by atoms with E-state index in [0.29, 0.717) is 12.2 Å². The summed E-state index contributed by atoms with van der Waals surface area (Å²) >= 11 is 0. The maximum absolute atomic E-state index is 9.40. The number of hydrogen-bond donors (Lipinski definition) is 1. The zero-order chi connectivity index (χ0) is 7.84. The van der Waals surface area contributed by atoms with Crippen molar-refractivity contribution in [3.05, 3.63) is 11.6 Å². The van der Waals surface area contributed by atoms with E-state index in [0.717, 1.165) is 19.3 Å². The standard InChI is InChI=1S/C9H14O2/c1-2-6-5-7(10)3-4-8-9(6)11-8/h5,7-10H,2-4H2,1H3/t7-,8-,9+/m1/s1. The number of aliphatic hydroxyl groups excluding tert-OH is 1. The van der Waals surface area contributed by atoms with Crippen LogP contribution in [0.25, 0.3) is 0 Å². The minimum Gasteiger partial charge on any atom is -0.389 e. The van der Waals surface area contributed by atoms with Gasteiger partial charge >= 0.3 is 0 Å². The first-order chi connectivity index (χ1) is 5.31. The molecule has 1 aliphatic carbocycles. The summed E-state index contributed by atoms with van der Waals surface area (Å²) in [6, 6.07) is 0. The van der Waals surface area contributed by atoms with Crippen LogP contribution in [0.3, 0.4) is 0 Å². The fourth-order valence-electron chi connectivity index (χ4n) is 1.77. The molecule has 1 aliphatic heterocycles. The van der Waals surface area contributed by atoms with Crippen LogP contribution in [0.4, 0.5) is 0 Å². The Hall–Kier alpha value is -0.340. The second-order valence-corrected chi connectivity index (χ2v) is 3.33. The highest BCUT2D eigenvalue weighted by Crippen LogP contribution is 2.37. The molecule has 11 heavy (non-hydrogen) atoms. The van der Waals surface area contributed by atoms with E-state index in [4.69, 9.17) is 4.74 Å². The Labute approximate surface area is 66.9 Å². The lowest BCUT2D eigenvalue weighted by Gasteiger charge is -2.03. The van der Waals surface area contributed by atoms with E-state index in [-0.39, 0.29) is 6.10 Å². The van der Waals surface area contributed by atoms with Crippen LogP contribution >= 0.6 is 0 Å². The van der Waals surface area contributed by atoms with Gasteiger partial charge in [0.15, 0.2) is 0 Å². The zero-order valence-electron chi connectivity index (χ0n) is 6.79. The third-order valence-electron chi connectivity index (χ3n) is 2.51. The van der Waals surface area contributed by atoms with Gasteiger partial charge in [-0.2, -0.15) is 0 Å². The van der Waals surface area contributed by atoms with Gasteiger partial charge in [0.25, 0.3) is 0 Å². The van der Waals surface area contributed by atoms with Crippen LogP contribution < -0.4 is 0 Å². The van der Waals surface area contributed by atoms with Gasteiger partial charge in [-0.05, 0) is 24.8 Å². The molecule has 0 radical (unpaired) electrons. The average Bonchev–Trinajstić information content (AvgIpc) is 2.73. The molecule has 0 bridgehead atoms. The summed E-state index contributed by atoms with van der Waals surface area (Å²) in [4.78, 5) is 0. The summed E-state index contributed by atoms with van der Waals surface area (Å²) in [5.74, 6) is 0. The first kappa shape index (κ1) is 7.32. The van der Waals surface area contributed by atoms with Crippen LogP contribution in [0.5, 0.6) is 0 Å². The largest absolute Gasteiger partial charge is 0.389 e. The van der Waals surface area contributed by atoms with Crippen LogP contribution in [0.15, 0.2) is 11.6 Å². The number of aliphatic hydroxyl groups is 1. The molecule has 1 N–H and O–H groups in total. The Morgan fingerprint density at radius 2 is 2.45 bits per heavy atom. The monoisotopic (exact) mass is 154 g/mol. The number of ether oxygens (including phenoxy) is 1. The smallest absolute Gasteiger partial charge is 0.105 e. The molecule has 0 spiro atoms. The highest BCUT2D eigenvalue weighted by molar-refractivity contribution is 5.20. The summed E-state index contributed by atoms with van der Waals surface area (Å²) in [7, 11) is 0. The second kappa shape index (κ2) is 2.61. The number of fused-ring (bicyclic) bond motifs is 1. The van der Waals surface area contributed by atoms with Crippen molar-refractivity contribution in [2.45, 2.75) is 44.5 Å². The first-order valence-electron chi connectivity index (χ1n) is 4.35. The summed E-state index contributed by atoms with van der Waals surface area (Å²) in [5.41, 5.74) is 1.29. The van der Waals surface area contributed by atoms with Crippen molar-refractivity contribution in [3.8, 4) is 0 Å². The lowest BCUT2D eigenvalue weighted by Crippen LogP contribution is -2.02. The van der Waals surface area contributed by atoms with Gasteiger partial charge in [0.1, 0.15) is 6.10 Å². The predicted molar refractivity (Wildman–Crippen MR) is 42.3 cm³/mol. The second-order valence-electron chi connectivity index (χ2n) is 3.33. The van der Waals surface area contributed by atoms with Crippen LogP contribution in [0.1, 0.15) is 26.2 Å². The van der Waals surface area contributed by atoms with Crippen molar-refractivity contribution in [3.63, 3.8) is 0 Å². The molecule has 0 amide bonds. The van der Waals surface area contributed by atoms with Gasteiger partial charge in [0.05, 0.1) is 12.2 Å². The quantitative estimate of drug-likeness (QED) is 0.455. The summed E-state index contributed by atoms with van der Waals surface area (Å²) in [6.45, 7) is 2.11. The van der Waals surface area contributed by atoms with Gasteiger partial charge in [0.2, 0.25) is 0 Å². The predicted octanol–water partition coefficient (Wildman–Crippen LogP) is 1.24. The van der Waals surface area contributed by atoms with Crippen molar-refractivity contribution in [2.75, 3.05) is 0 Å². The molecule has 1 fully saturated rings. The van der Waals surface area contributed by atoms with Gasteiger partial charge in [0, 0.05) is 0 Å². The fraction of sp³-hybridized carbons (Fsp3) is 0.778. The summed E-state index contributed by atoms with van der Waals surface area (Å²) in [5, 5.41) is 9.40. The molecule has 0 aromatic heterocycles. The van der Waals surface area contributed by atoms with Crippen molar-refractivity contribution < 1.29 is 9.84 Å². The normalized spacial score (nSPS) is 42.4. The third kappa shape index (κ3) is 1.33. The van der Waals surface area contributed by atoms with E-state index in [1.165, 1.54) is 5.57 Å². The minimum atomic E-state index is -0.221. The Morgan fingerprint density at radius 1 is 1.64 bits per heavy atom. The molecular formula is C9H14O2. The topological polar surface area (TPSA) is 32.8 Å². The molecule has 3 atom stereocenters. The van der Waals surface area contributed by atoms with E-state index >= 15 is 0 Å². The highest BCUT2D eigenvalue weighted by Gasteiger charge is 2.42. The van der Waals surface area contributed by atoms with Gasteiger partial charge in [-0.15, -0.1) is 0 Å². The third-order valence-corrected chi connectivity index (χ3v) is 2.51. The van der Waals surface area contributed by atoms with E-state index < -0.39 is 0 Å². The summed E-state index contributed by atoms with van der Waals surface area (Å²) in [6.07, 6.45) is 5.43. The van der Waals surface area contributed by atoms with Gasteiger partial charge in [-0.25, -0.2) is 0 Å². The Bertz CT molecular complexity index is 186.